The van der Waals surface area contributed by atoms with Crippen molar-refractivity contribution in [2.75, 3.05) is 11.5 Å². The van der Waals surface area contributed by atoms with Crippen LogP contribution in [0, 0.1) is 11.8 Å². The topological polar surface area (TPSA) is 26.0 Å². The Morgan fingerprint density at radius 1 is 0.929 bits per heavy atom. The van der Waals surface area contributed by atoms with E-state index in [1.165, 1.54) is 56.5 Å². The number of rotatable bonds is 1. The molecule has 2 atom stereocenters. The Morgan fingerprint density at radius 3 is 2.29 bits per heavy atom. The highest BCUT2D eigenvalue weighted by atomic mass is 32.2. The van der Waals surface area contributed by atoms with Crippen LogP contribution in [0.15, 0.2) is 0 Å². The average Bonchev–Trinajstić information content (AvgIpc) is 2.47. The molecule has 1 saturated heterocycles. The summed E-state index contributed by atoms with van der Waals surface area (Å²) >= 11 is 2.05. The van der Waals surface area contributed by atoms with Crippen LogP contribution >= 0.6 is 11.8 Å². The zero-order chi connectivity index (χ0) is 9.80. The quantitative estimate of drug-likeness (QED) is 0.678. The lowest BCUT2D eigenvalue weighted by atomic mass is 9.80. The minimum Gasteiger partial charge on any atom is -0.327 e. The third-order valence-corrected chi connectivity index (χ3v) is 5.11. The van der Waals surface area contributed by atoms with Crippen LogP contribution in [0.4, 0.5) is 0 Å². The highest BCUT2D eigenvalue weighted by Crippen LogP contribution is 2.36. The Balaban J connectivity index is 1.90. The molecule has 1 heterocycles. The maximum absolute atomic E-state index is 6.24. The fourth-order valence-corrected chi connectivity index (χ4v) is 4.23. The molecule has 0 spiro atoms. The van der Waals surface area contributed by atoms with Gasteiger partial charge < -0.3 is 5.73 Å². The van der Waals surface area contributed by atoms with Crippen LogP contribution in [-0.4, -0.2) is 17.5 Å². The number of nitrogens with two attached hydrogens (primary N) is 1. The van der Waals surface area contributed by atoms with E-state index in [2.05, 4.69) is 11.8 Å². The molecule has 2 aliphatic rings. The van der Waals surface area contributed by atoms with Gasteiger partial charge in [0.25, 0.3) is 0 Å². The summed E-state index contributed by atoms with van der Waals surface area (Å²) in [5.41, 5.74) is 6.24. The van der Waals surface area contributed by atoms with Gasteiger partial charge in [-0.25, -0.2) is 0 Å². The van der Waals surface area contributed by atoms with E-state index in [1.54, 1.807) is 0 Å². The monoisotopic (exact) mass is 213 g/mol. The fourth-order valence-electron chi connectivity index (χ4n) is 3.10. The van der Waals surface area contributed by atoms with E-state index in [1.807, 2.05) is 0 Å². The first-order valence-corrected chi connectivity index (χ1v) is 7.37. The summed E-state index contributed by atoms with van der Waals surface area (Å²) in [7, 11) is 0. The van der Waals surface area contributed by atoms with Crippen LogP contribution in [0.3, 0.4) is 0 Å². The normalized spacial score (nSPS) is 36.6. The minimum absolute atomic E-state index is 0.497. The zero-order valence-electron chi connectivity index (χ0n) is 9.08. The van der Waals surface area contributed by atoms with Gasteiger partial charge in [-0.15, -0.1) is 0 Å². The molecule has 1 saturated carbocycles. The lowest BCUT2D eigenvalue weighted by Crippen LogP contribution is -2.40. The Labute approximate surface area is 92.2 Å². The molecule has 0 radical (unpaired) electrons. The second-order valence-electron chi connectivity index (χ2n) is 4.94. The number of hydrogen-bond acceptors (Lipinski definition) is 2. The standard InChI is InChI=1S/C12H23NS/c13-12-9-14-8-7-11(12)10-5-3-1-2-4-6-10/h10-12H,1-9,13H2. The van der Waals surface area contributed by atoms with Crippen molar-refractivity contribution in [3.05, 3.63) is 0 Å². The molecule has 0 bridgehead atoms. The van der Waals surface area contributed by atoms with E-state index in [4.69, 9.17) is 5.73 Å². The predicted octanol–water partition coefficient (Wildman–Crippen LogP) is 3.04. The van der Waals surface area contributed by atoms with Crippen molar-refractivity contribution in [3.63, 3.8) is 0 Å². The Hall–Kier alpha value is 0.310. The maximum Gasteiger partial charge on any atom is 0.0161 e. The largest absolute Gasteiger partial charge is 0.327 e. The summed E-state index contributed by atoms with van der Waals surface area (Å²) in [5, 5.41) is 0. The molecule has 1 aliphatic carbocycles. The molecular formula is C12H23NS. The summed E-state index contributed by atoms with van der Waals surface area (Å²) in [6.07, 6.45) is 10.2. The molecule has 0 aromatic heterocycles. The SMILES string of the molecule is NC1CSCCC1C1CCCCCC1. The van der Waals surface area contributed by atoms with Crippen LogP contribution in [-0.2, 0) is 0 Å². The fraction of sp³-hybridized carbons (Fsp3) is 1.00. The van der Waals surface area contributed by atoms with Crippen molar-refractivity contribution in [3.8, 4) is 0 Å². The van der Waals surface area contributed by atoms with E-state index in [-0.39, 0.29) is 0 Å². The first-order valence-electron chi connectivity index (χ1n) is 6.21. The van der Waals surface area contributed by atoms with Gasteiger partial charge in [0.05, 0.1) is 0 Å². The van der Waals surface area contributed by atoms with Gasteiger partial charge in [-0.1, -0.05) is 38.5 Å². The van der Waals surface area contributed by atoms with Crippen LogP contribution in [0.1, 0.15) is 44.9 Å². The molecule has 2 rings (SSSR count). The lowest BCUT2D eigenvalue weighted by Gasteiger charge is -2.34. The molecular weight excluding hydrogens is 190 g/mol. The van der Waals surface area contributed by atoms with Crippen LogP contribution in [0.25, 0.3) is 0 Å². The van der Waals surface area contributed by atoms with Gasteiger partial charge in [0.1, 0.15) is 0 Å². The maximum atomic E-state index is 6.24. The lowest BCUT2D eigenvalue weighted by molar-refractivity contribution is 0.254. The molecule has 1 aliphatic heterocycles. The van der Waals surface area contributed by atoms with E-state index in [9.17, 15) is 0 Å². The molecule has 2 fully saturated rings. The summed E-state index contributed by atoms with van der Waals surface area (Å²) < 4.78 is 0. The molecule has 2 unspecified atom stereocenters. The van der Waals surface area contributed by atoms with Crippen molar-refractivity contribution in [2.45, 2.75) is 51.0 Å². The van der Waals surface area contributed by atoms with E-state index < -0.39 is 0 Å². The summed E-state index contributed by atoms with van der Waals surface area (Å²) in [6, 6.07) is 0.497. The van der Waals surface area contributed by atoms with Gasteiger partial charge in [-0.2, -0.15) is 11.8 Å². The highest BCUT2D eigenvalue weighted by Gasteiger charge is 2.29. The van der Waals surface area contributed by atoms with Crippen molar-refractivity contribution in [1.82, 2.24) is 0 Å². The molecule has 0 aromatic rings. The summed E-state index contributed by atoms with van der Waals surface area (Å²) in [5.74, 6) is 4.39. The Morgan fingerprint density at radius 2 is 1.64 bits per heavy atom. The van der Waals surface area contributed by atoms with Crippen molar-refractivity contribution in [2.24, 2.45) is 17.6 Å². The molecule has 2 N–H and O–H groups in total. The van der Waals surface area contributed by atoms with Crippen LogP contribution < -0.4 is 5.73 Å². The zero-order valence-corrected chi connectivity index (χ0v) is 9.90. The predicted molar refractivity (Wildman–Crippen MR) is 64.6 cm³/mol. The van der Waals surface area contributed by atoms with E-state index in [0.717, 1.165) is 11.8 Å². The smallest absolute Gasteiger partial charge is 0.0161 e. The van der Waals surface area contributed by atoms with Gasteiger partial charge in [-0.3, -0.25) is 0 Å². The molecule has 14 heavy (non-hydrogen) atoms. The molecule has 82 valence electrons. The van der Waals surface area contributed by atoms with Crippen LogP contribution in [0.5, 0.6) is 0 Å². The first-order chi connectivity index (χ1) is 6.88. The average molecular weight is 213 g/mol. The first kappa shape index (κ1) is 10.8. The molecule has 0 amide bonds. The summed E-state index contributed by atoms with van der Waals surface area (Å²) in [6.45, 7) is 0. The second-order valence-corrected chi connectivity index (χ2v) is 6.09. The third kappa shape index (κ3) is 2.66. The van der Waals surface area contributed by atoms with Crippen LogP contribution in [0.2, 0.25) is 0 Å². The van der Waals surface area contributed by atoms with Crippen molar-refractivity contribution >= 4 is 11.8 Å². The van der Waals surface area contributed by atoms with Gasteiger partial charge in [-0.05, 0) is 24.0 Å². The molecule has 2 heteroatoms. The molecule has 0 aromatic carbocycles. The third-order valence-electron chi connectivity index (χ3n) is 3.96. The van der Waals surface area contributed by atoms with E-state index >= 15 is 0 Å². The molecule has 1 nitrogen and oxygen atoms in total. The van der Waals surface area contributed by atoms with Crippen molar-refractivity contribution < 1.29 is 0 Å². The minimum atomic E-state index is 0.497. The number of hydrogen-bond donors (Lipinski definition) is 1. The Bertz CT molecular complexity index is 164. The van der Waals surface area contributed by atoms with E-state index in [0.29, 0.717) is 6.04 Å². The second kappa shape index (κ2) is 5.41. The van der Waals surface area contributed by atoms with Gasteiger partial charge in [0.2, 0.25) is 0 Å². The van der Waals surface area contributed by atoms with Crippen molar-refractivity contribution in [1.29, 1.82) is 0 Å². The highest BCUT2D eigenvalue weighted by molar-refractivity contribution is 7.99. The van der Waals surface area contributed by atoms with Gasteiger partial charge in [0.15, 0.2) is 0 Å². The Kier molecular flexibility index (Phi) is 4.18. The number of thioether (sulfide) groups is 1. The van der Waals surface area contributed by atoms with Gasteiger partial charge in [0, 0.05) is 11.8 Å². The van der Waals surface area contributed by atoms with Gasteiger partial charge >= 0.3 is 0 Å². The summed E-state index contributed by atoms with van der Waals surface area (Å²) in [4.78, 5) is 0.